The fraction of sp³-hybridized carbons (Fsp3) is 0.333. The number of nitrogens with one attached hydrogen (secondary N) is 1. The SMILES string of the molecule is CC1CN(c2ccc(NS(=O)(=O)c3cccc([N+](=O)[O-])c3)cc2)C(C)CO1. The Morgan fingerprint density at radius 2 is 1.89 bits per heavy atom. The quantitative estimate of drug-likeness (QED) is 0.621. The maximum atomic E-state index is 12.5. The number of ether oxygens (including phenoxy) is 1. The van der Waals surface area contributed by atoms with Gasteiger partial charge < -0.3 is 9.64 Å². The van der Waals surface area contributed by atoms with Crippen LogP contribution in [-0.2, 0) is 14.8 Å². The third-order valence-electron chi connectivity index (χ3n) is 4.40. The van der Waals surface area contributed by atoms with Gasteiger partial charge in [-0.2, -0.15) is 0 Å². The van der Waals surface area contributed by atoms with Gasteiger partial charge in [0.15, 0.2) is 0 Å². The summed E-state index contributed by atoms with van der Waals surface area (Å²) in [7, 11) is -3.91. The summed E-state index contributed by atoms with van der Waals surface area (Å²) in [5.74, 6) is 0. The first kappa shape index (κ1) is 19.1. The summed E-state index contributed by atoms with van der Waals surface area (Å²) in [6, 6.07) is 12.2. The molecule has 2 unspecified atom stereocenters. The highest BCUT2D eigenvalue weighted by atomic mass is 32.2. The molecule has 2 aromatic rings. The number of hydrogen-bond donors (Lipinski definition) is 1. The largest absolute Gasteiger partial charge is 0.375 e. The van der Waals surface area contributed by atoms with E-state index < -0.39 is 14.9 Å². The Labute approximate surface area is 158 Å². The lowest BCUT2D eigenvalue weighted by Crippen LogP contribution is -2.47. The fourth-order valence-corrected chi connectivity index (χ4v) is 4.06. The van der Waals surface area contributed by atoms with E-state index in [1.165, 1.54) is 18.2 Å². The molecule has 1 aliphatic rings. The van der Waals surface area contributed by atoms with E-state index in [4.69, 9.17) is 4.74 Å². The van der Waals surface area contributed by atoms with Crippen LogP contribution in [0.5, 0.6) is 0 Å². The van der Waals surface area contributed by atoms with Crippen LogP contribution in [0.15, 0.2) is 53.4 Å². The van der Waals surface area contributed by atoms with Gasteiger partial charge in [0, 0.05) is 36.1 Å². The van der Waals surface area contributed by atoms with Gasteiger partial charge in [0.1, 0.15) is 0 Å². The third kappa shape index (κ3) is 4.37. The van der Waals surface area contributed by atoms with Crippen LogP contribution in [0.3, 0.4) is 0 Å². The molecule has 0 spiro atoms. The Kier molecular flexibility index (Phi) is 5.33. The monoisotopic (exact) mass is 391 g/mol. The van der Waals surface area contributed by atoms with Gasteiger partial charge in [-0.1, -0.05) is 6.07 Å². The number of nitrogens with zero attached hydrogens (tertiary/aromatic N) is 2. The summed E-state index contributed by atoms with van der Waals surface area (Å²) in [6.07, 6.45) is 0.133. The second kappa shape index (κ2) is 7.53. The van der Waals surface area contributed by atoms with Crippen LogP contribution in [0, 0.1) is 10.1 Å². The van der Waals surface area contributed by atoms with Crippen LogP contribution in [0.25, 0.3) is 0 Å². The van der Waals surface area contributed by atoms with Crippen molar-refractivity contribution in [2.24, 2.45) is 0 Å². The molecule has 9 heteroatoms. The molecule has 2 aromatic carbocycles. The van der Waals surface area contributed by atoms with Crippen LogP contribution < -0.4 is 9.62 Å². The van der Waals surface area contributed by atoms with Crippen molar-refractivity contribution in [3.05, 3.63) is 58.6 Å². The number of nitro groups is 1. The van der Waals surface area contributed by atoms with Crippen molar-refractivity contribution in [1.29, 1.82) is 0 Å². The summed E-state index contributed by atoms with van der Waals surface area (Å²) < 4.78 is 33.1. The minimum Gasteiger partial charge on any atom is -0.375 e. The number of sulfonamides is 1. The second-order valence-corrected chi connectivity index (χ2v) is 8.23. The predicted molar refractivity (Wildman–Crippen MR) is 103 cm³/mol. The zero-order valence-corrected chi connectivity index (χ0v) is 15.8. The molecular formula is C18H21N3O5S. The first-order valence-corrected chi connectivity index (χ1v) is 10.00. The Bertz CT molecular complexity index is 930. The van der Waals surface area contributed by atoms with Crippen molar-refractivity contribution in [3.8, 4) is 0 Å². The number of nitro benzene ring substituents is 1. The maximum Gasteiger partial charge on any atom is 0.270 e. The van der Waals surface area contributed by atoms with E-state index in [-0.39, 0.29) is 22.7 Å². The van der Waals surface area contributed by atoms with Gasteiger partial charge in [-0.05, 0) is 44.2 Å². The fourth-order valence-electron chi connectivity index (χ4n) is 2.96. The van der Waals surface area contributed by atoms with E-state index in [2.05, 4.69) is 16.5 Å². The van der Waals surface area contributed by atoms with Crippen LogP contribution >= 0.6 is 0 Å². The molecule has 1 N–H and O–H groups in total. The minimum absolute atomic E-state index is 0.133. The van der Waals surface area contributed by atoms with E-state index in [9.17, 15) is 18.5 Å². The van der Waals surface area contributed by atoms with Crippen molar-refractivity contribution in [2.75, 3.05) is 22.8 Å². The predicted octanol–water partition coefficient (Wildman–Crippen LogP) is 3.01. The number of hydrogen-bond acceptors (Lipinski definition) is 6. The lowest BCUT2D eigenvalue weighted by atomic mass is 10.1. The van der Waals surface area contributed by atoms with Gasteiger partial charge in [0.25, 0.3) is 15.7 Å². The molecule has 8 nitrogen and oxygen atoms in total. The van der Waals surface area contributed by atoms with Gasteiger partial charge in [-0.25, -0.2) is 8.42 Å². The van der Waals surface area contributed by atoms with Crippen molar-refractivity contribution in [1.82, 2.24) is 0 Å². The summed E-state index contributed by atoms with van der Waals surface area (Å²) >= 11 is 0. The molecule has 27 heavy (non-hydrogen) atoms. The number of rotatable bonds is 5. The highest BCUT2D eigenvalue weighted by molar-refractivity contribution is 7.92. The van der Waals surface area contributed by atoms with Gasteiger partial charge in [0.2, 0.25) is 0 Å². The highest BCUT2D eigenvalue weighted by Crippen LogP contribution is 2.25. The lowest BCUT2D eigenvalue weighted by Gasteiger charge is -2.38. The van der Waals surface area contributed by atoms with Gasteiger partial charge in [-0.3, -0.25) is 14.8 Å². The zero-order chi connectivity index (χ0) is 19.6. The smallest absolute Gasteiger partial charge is 0.270 e. The molecule has 0 aliphatic carbocycles. The van der Waals surface area contributed by atoms with Gasteiger partial charge in [-0.15, -0.1) is 0 Å². The van der Waals surface area contributed by atoms with E-state index >= 15 is 0 Å². The topological polar surface area (TPSA) is 102 Å². The van der Waals surface area contributed by atoms with Crippen LogP contribution in [-0.4, -0.2) is 38.6 Å². The molecule has 1 aliphatic heterocycles. The summed E-state index contributed by atoms with van der Waals surface area (Å²) in [5.41, 5.74) is 1.10. The Morgan fingerprint density at radius 1 is 1.19 bits per heavy atom. The minimum atomic E-state index is -3.91. The van der Waals surface area contributed by atoms with Crippen LogP contribution in [0.1, 0.15) is 13.8 Å². The highest BCUT2D eigenvalue weighted by Gasteiger charge is 2.24. The van der Waals surface area contributed by atoms with Crippen molar-refractivity contribution < 1.29 is 18.1 Å². The Hall–Kier alpha value is -2.65. The molecule has 144 valence electrons. The molecule has 0 amide bonds. The molecule has 0 saturated carbocycles. The lowest BCUT2D eigenvalue weighted by molar-refractivity contribution is -0.385. The summed E-state index contributed by atoms with van der Waals surface area (Å²) in [6.45, 7) is 5.49. The molecule has 1 heterocycles. The number of non-ortho nitro benzene ring substituents is 1. The number of benzene rings is 2. The Morgan fingerprint density at radius 3 is 2.56 bits per heavy atom. The number of anilines is 2. The average molecular weight is 391 g/mol. The zero-order valence-electron chi connectivity index (χ0n) is 15.0. The van der Waals surface area contributed by atoms with Crippen molar-refractivity contribution in [3.63, 3.8) is 0 Å². The van der Waals surface area contributed by atoms with Gasteiger partial charge >= 0.3 is 0 Å². The Balaban J connectivity index is 1.78. The van der Waals surface area contributed by atoms with Gasteiger partial charge in [0.05, 0.1) is 22.5 Å². The first-order valence-electron chi connectivity index (χ1n) is 8.52. The van der Waals surface area contributed by atoms with Crippen LogP contribution in [0.4, 0.5) is 17.1 Å². The summed E-state index contributed by atoms with van der Waals surface area (Å²) in [5, 5.41) is 10.9. The van der Waals surface area contributed by atoms with E-state index in [1.807, 2.05) is 19.1 Å². The normalized spacial score (nSPS) is 20.3. The molecular weight excluding hydrogens is 370 g/mol. The average Bonchev–Trinajstić information content (AvgIpc) is 2.64. The van der Waals surface area contributed by atoms with Crippen molar-refractivity contribution in [2.45, 2.75) is 30.9 Å². The van der Waals surface area contributed by atoms with Crippen molar-refractivity contribution >= 4 is 27.1 Å². The molecule has 1 saturated heterocycles. The summed E-state index contributed by atoms with van der Waals surface area (Å²) in [4.78, 5) is 12.3. The maximum absolute atomic E-state index is 12.5. The molecule has 0 bridgehead atoms. The van der Waals surface area contributed by atoms with Crippen LogP contribution in [0.2, 0.25) is 0 Å². The molecule has 1 fully saturated rings. The van der Waals surface area contributed by atoms with E-state index in [1.54, 1.807) is 12.1 Å². The molecule has 0 radical (unpaired) electrons. The molecule has 0 aromatic heterocycles. The second-order valence-electron chi connectivity index (χ2n) is 6.55. The van der Waals surface area contributed by atoms with E-state index in [0.717, 1.165) is 18.3 Å². The number of morpholine rings is 1. The first-order chi connectivity index (χ1) is 12.8. The third-order valence-corrected chi connectivity index (χ3v) is 5.78. The molecule has 2 atom stereocenters. The molecule has 3 rings (SSSR count). The standard InChI is InChI=1S/C18H21N3O5S/c1-13-12-26-14(2)11-20(13)16-8-6-15(7-9-16)19-27(24,25)18-5-3-4-17(10-18)21(22)23/h3-10,13-14,19H,11-12H2,1-2H3. The van der Waals surface area contributed by atoms with E-state index in [0.29, 0.717) is 12.3 Å².